The molecule has 0 saturated heterocycles. The third-order valence-electron chi connectivity index (χ3n) is 2.99. The van der Waals surface area contributed by atoms with Crippen LogP contribution in [0.5, 0.6) is 11.5 Å². The summed E-state index contributed by atoms with van der Waals surface area (Å²) < 4.78 is 16.7. The molecular formula is C16H27NO3. The molecule has 0 aliphatic heterocycles. The van der Waals surface area contributed by atoms with Gasteiger partial charge in [-0.3, -0.25) is 0 Å². The average Bonchev–Trinajstić information content (AvgIpc) is 2.47. The highest BCUT2D eigenvalue weighted by atomic mass is 16.5. The summed E-state index contributed by atoms with van der Waals surface area (Å²) in [6.45, 7) is 9.65. The largest absolute Gasteiger partial charge is 0.490 e. The molecular weight excluding hydrogens is 254 g/mol. The fourth-order valence-electron chi connectivity index (χ4n) is 1.68. The summed E-state index contributed by atoms with van der Waals surface area (Å²) in [5, 5.41) is 3.38. The number of rotatable bonds is 11. The zero-order valence-electron chi connectivity index (χ0n) is 12.9. The summed E-state index contributed by atoms with van der Waals surface area (Å²) in [6.07, 6.45) is 1.14. The molecule has 20 heavy (non-hydrogen) atoms. The Kier molecular flexibility index (Phi) is 8.83. The summed E-state index contributed by atoms with van der Waals surface area (Å²) in [7, 11) is 0. The van der Waals surface area contributed by atoms with Crippen molar-refractivity contribution in [3.63, 3.8) is 0 Å². The van der Waals surface area contributed by atoms with E-state index in [9.17, 15) is 0 Å². The molecule has 0 bridgehead atoms. The zero-order chi connectivity index (χ0) is 14.6. The lowest BCUT2D eigenvalue weighted by Gasteiger charge is -2.13. The van der Waals surface area contributed by atoms with Crippen molar-refractivity contribution in [1.29, 1.82) is 0 Å². The smallest absolute Gasteiger partial charge is 0.161 e. The molecule has 1 aromatic rings. The molecule has 0 aromatic heterocycles. The Labute approximate surface area is 122 Å². The quantitative estimate of drug-likeness (QED) is 0.633. The van der Waals surface area contributed by atoms with Gasteiger partial charge in [0.25, 0.3) is 0 Å². The molecule has 1 rings (SSSR count). The van der Waals surface area contributed by atoms with Gasteiger partial charge < -0.3 is 19.5 Å². The zero-order valence-corrected chi connectivity index (χ0v) is 12.9. The highest BCUT2D eigenvalue weighted by Gasteiger charge is 2.02. The van der Waals surface area contributed by atoms with Crippen molar-refractivity contribution in [2.75, 3.05) is 33.0 Å². The summed E-state index contributed by atoms with van der Waals surface area (Å²) in [6, 6.07) is 8.25. The van der Waals surface area contributed by atoms with E-state index in [1.165, 1.54) is 0 Å². The van der Waals surface area contributed by atoms with Crippen LogP contribution < -0.4 is 14.8 Å². The Morgan fingerprint density at radius 1 is 1.00 bits per heavy atom. The van der Waals surface area contributed by atoms with Gasteiger partial charge in [-0.15, -0.1) is 0 Å². The van der Waals surface area contributed by atoms with Crippen LogP contribution in [0, 0.1) is 0 Å². The van der Waals surface area contributed by atoms with Crippen LogP contribution in [0.25, 0.3) is 0 Å². The predicted molar refractivity (Wildman–Crippen MR) is 81.7 cm³/mol. The van der Waals surface area contributed by atoms with Crippen molar-refractivity contribution in [3.05, 3.63) is 24.3 Å². The maximum Gasteiger partial charge on any atom is 0.161 e. The van der Waals surface area contributed by atoms with Gasteiger partial charge in [0.05, 0.1) is 19.8 Å². The van der Waals surface area contributed by atoms with Crippen LogP contribution in [-0.4, -0.2) is 39.0 Å². The third-order valence-corrected chi connectivity index (χ3v) is 2.99. The SMILES string of the molecule is CCOc1ccccc1OCCOCCN[C@H](C)CC. The third kappa shape index (κ3) is 6.78. The lowest BCUT2D eigenvalue weighted by atomic mass is 10.3. The van der Waals surface area contributed by atoms with Crippen LogP contribution in [0.15, 0.2) is 24.3 Å². The predicted octanol–water partition coefficient (Wildman–Crippen LogP) is 2.87. The van der Waals surface area contributed by atoms with Crippen molar-refractivity contribution in [1.82, 2.24) is 5.32 Å². The van der Waals surface area contributed by atoms with Crippen molar-refractivity contribution < 1.29 is 14.2 Å². The minimum absolute atomic E-state index is 0.535. The molecule has 0 fully saturated rings. The van der Waals surface area contributed by atoms with Crippen LogP contribution >= 0.6 is 0 Å². The Hall–Kier alpha value is -1.26. The average molecular weight is 281 g/mol. The number of ether oxygens (including phenoxy) is 3. The van der Waals surface area contributed by atoms with Gasteiger partial charge in [0.15, 0.2) is 11.5 Å². The second-order valence-corrected chi connectivity index (χ2v) is 4.60. The molecule has 0 amide bonds. The standard InChI is InChI=1S/C16H27NO3/c1-4-14(3)17-10-11-18-12-13-20-16-9-7-6-8-15(16)19-5-2/h6-9,14,17H,4-5,10-13H2,1-3H3/t14-/m1/s1. The highest BCUT2D eigenvalue weighted by molar-refractivity contribution is 5.39. The van der Waals surface area contributed by atoms with Crippen molar-refractivity contribution in [2.45, 2.75) is 33.2 Å². The Balaban J connectivity index is 2.12. The lowest BCUT2D eigenvalue weighted by Crippen LogP contribution is -2.29. The normalized spacial score (nSPS) is 12.2. The maximum atomic E-state index is 5.67. The number of hydrogen-bond donors (Lipinski definition) is 1. The fourth-order valence-corrected chi connectivity index (χ4v) is 1.68. The van der Waals surface area contributed by atoms with Crippen LogP contribution in [0.4, 0.5) is 0 Å². The minimum Gasteiger partial charge on any atom is -0.490 e. The molecule has 0 aliphatic carbocycles. The molecule has 1 atom stereocenters. The van der Waals surface area contributed by atoms with Crippen LogP contribution in [0.2, 0.25) is 0 Å². The topological polar surface area (TPSA) is 39.7 Å². The van der Waals surface area contributed by atoms with Crippen LogP contribution in [-0.2, 0) is 4.74 Å². The van der Waals surface area contributed by atoms with E-state index in [4.69, 9.17) is 14.2 Å². The second-order valence-electron chi connectivity index (χ2n) is 4.60. The van der Waals surface area contributed by atoms with Crippen molar-refractivity contribution in [3.8, 4) is 11.5 Å². The van der Waals surface area contributed by atoms with Gasteiger partial charge in [-0.25, -0.2) is 0 Å². The van der Waals surface area contributed by atoms with Gasteiger partial charge >= 0.3 is 0 Å². The summed E-state index contributed by atoms with van der Waals surface area (Å²) in [4.78, 5) is 0. The van der Waals surface area contributed by atoms with E-state index >= 15 is 0 Å². The summed E-state index contributed by atoms with van der Waals surface area (Å²) >= 11 is 0. The molecule has 4 heteroatoms. The van der Waals surface area contributed by atoms with E-state index in [1.54, 1.807) is 0 Å². The number of benzene rings is 1. The first-order valence-corrected chi connectivity index (χ1v) is 7.43. The first-order chi connectivity index (χ1) is 9.77. The van der Waals surface area contributed by atoms with Crippen molar-refractivity contribution in [2.24, 2.45) is 0 Å². The molecule has 0 saturated carbocycles. The lowest BCUT2D eigenvalue weighted by molar-refractivity contribution is 0.0991. The Bertz CT molecular complexity index is 357. The van der Waals surface area contributed by atoms with Gasteiger partial charge in [0.2, 0.25) is 0 Å². The van der Waals surface area contributed by atoms with Gasteiger partial charge in [-0.2, -0.15) is 0 Å². The van der Waals surface area contributed by atoms with Gasteiger partial charge in [0.1, 0.15) is 6.61 Å². The van der Waals surface area contributed by atoms with Crippen molar-refractivity contribution >= 4 is 0 Å². The van der Waals surface area contributed by atoms with E-state index < -0.39 is 0 Å². The molecule has 0 unspecified atom stereocenters. The Morgan fingerprint density at radius 2 is 1.70 bits per heavy atom. The van der Waals surface area contributed by atoms with E-state index in [0.29, 0.717) is 32.5 Å². The van der Waals surface area contributed by atoms with Gasteiger partial charge in [-0.1, -0.05) is 19.1 Å². The van der Waals surface area contributed by atoms with E-state index in [0.717, 1.165) is 24.5 Å². The van der Waals surface area contributed by atoms with Crippen LogP contribution in [0.3, 0.4) is 0 Å². The fraction of sp³-hybridized carbons (Fsp3) is 0.625. The molecule has 4 nitrogen and oxygen atoms in total. The summed E-state index contributed by atoms with van der Waals surface area (Å²) in [5.74, 6) is 1.56. The van der Waals surface area contributed by atoms with Gasteiger partial charge in [-0.05, 0) is 32.4 Å². The van der Waals surface area contributed by atoms with E-state index in [-0.39, 0.29) is 0 Å². The monoisotopic (exact) mass is 281 g/mol. The van der Waals surface area contributed by atoms with Gasteiger partial charge in [0, 0.05) is 12.6 Å². The first kappa shape index (κ1) is 16.8. The second kappa shape index (κ2) is 10.5. The maximum absolute atomic E-state index is 5.67. The molecule has 114 valence electrons. The molecule has 1 N–H and O–H groups in total. The molecule has 0 aliphatic rings. The highest BCUT2D eigenvalue weighted by Crippen LogP contribution is 2.26. The first-order valence-electron chi connectivity index (χ1n) is 7.43. The van der Waals surface area contributed by atoms with E-state index in [1.807, 2.05) is 31.2 Å². The minimum atomic E-state index is 0.535. The molecule has 0 radical (unpaired) electrons. The molecule has 0 spiro atoms. The number of hydrogen-bond acceptors (Lipinski definition) is 4. The van der Waals surface area contributed by atoms with E-state index in [2.05, 4.69) is 19.2 Å². The number of para-hydroxylation sites is 2. The van der Waals surface area contributed by atoms with Crippen LogP contribution in [0.1, 0.15) is 27.2 Å². The Morgan fingerprint density at radius 3 is 2.35 bits per heavy atom. The molecule has 1 aromatic carbocycles. The number of nitrogens with one attached hydrogen (secondary N) is 1. The molecule has 0 heterocycles. The summed E-state index contributed by atoms with van der Waals surface area (Å²) in [5.41, 5.74) is 0.